The fourth-order valence-corrected chi connectivity index (χ4v) is 5.81. The van der Waals surface area contributed by atoms with Crippen molar-refractivity contribution in [1.29, 1.82) is 0 Å². The molecule has 1 aliphatic carbocycles. The smallest absolute Gasteiger partial charge is 0.353 e. The van der Waals surface area contributed by atoms with E-state index < -0.39 is 12.6 Å². The number of hydrogen-bond donors (Lipinski definition) is 1. The Morgan fingerprint density at radius 1 is 1.11 bits per heavy atom. The molecule has 0 saturated heterocycles. The van der Waals surface area contributed by atoms with Gasteiger partial charge in [0.1, 0.15) is 0 Å². The van der Waals surface area contributed by atoms with Gasteiger partial charge in [-0.3, -0.25) is 9.78 Å². The average molecular weight is 509 g/mol. The number of alkyl halides is 3. The number of nitrogens with one attached hydrogen (secondary N) is 1. The second-order valence-electron chi connectivity index (χ2n) is 9.97. The first kappa shape index (κ1) is 26.1. The van der Waals surface area contributed by atoms with Gasteiger partial charge in [0, 0.05) is 48.7 Å². The summed E-state index contributed by atoms with van der Waals surface area (Å²) in [5.74, 6) is 0.750. The standard InChI is InChI=1S/C26H35F3N4OS/c1-18-30-23(17-35-18)16-25(34)32-21-5-2-19(3-6-21)9-13-33-14-10-20-4-7-22(8-12-26(27,28)29)31-24(20)11-15-33/h4,7,17,19,21H,2-3,5-6,8-16H2,1H3,(H,32,34). The third kappa shape index (κ3) is 8.27. The molecule has 35 heavy (non-hydrogen) atoms. The SMILES string of the molecule is Cc1nc(CC(=O)NC2CCC(CCN3CCc4ccc(CCC(F)(F)F)nc4CC3)CC2)cs1. The maximum absolute atomic E-state index is 12.5. The molecule has 2 aromatic rings. The Morgan fingerprint density at radius 3 is 2.60 bits per heavy atom. The summed E-state index contributed by atoms with van der Waals surface area (Å²) in [7, 11) is 0. The van der Waals surface area contributed by atoms with Crippen LogP contribution < -0.4 is 5.32 Å². The minimum Gasteiger partial charge on any atom is -0.353 e. The lowest BCUT2D eigenvalue weighted by Crippen LogP contribution is -2.39. The van der Waals surface area contributed by atoms with Crippen molar-refractivity contribution >= 4 is 17.2 Å². The molecule has 2 aliphatic rings. The Bertz CT molecular complexity index is 985. The number of amides is 1. The number of fused-ring (bicyclic) bond motifs is 1. The molecule has 0 radical (unpaired) electrons. The monoisotopic (exact) mass is 508 g/mol. The highest BCUT2D eigenvalue weighted by Gasteiger charge is 2.27. The number of pyridine rings is 1. The molecular formula is C26H35F3N4OS. The maximum atomic E-state index is 12.5. The maximum Gasteiger partial charge on any atom is 0.389 e. The highest BCUT2D eigenvalue weighted by atomic mass is 32.1. The van der Waals surface area contributed by atoms with E-state index in [1.165, 1.54) is 5.56 Å². The van der Waals surface area contributed by atoms with E-state index in [4.69, 9.17) is 0 Å². The first-order valence-electron chi connectivity index (χ1n) is 12.7. The summed E-state index contributed by atoms with van der Waals surface area (Å²) in [6.45, 7) is 4.87. The normalized spacial score (nSPS) is 21.4. The second-order valence-corrected chi connectivity index (χ2v) is 11.0. The van der Waals surface area contributed by atoms with Gasteiger partial charge in [-0.15, -0.1) is 11.3 Å². The highest BCUT2D eigenvalue weighted by molar-refractivity contribution is 7.09. The molecule has 1 aliphatic heterocycles. The zero-order valence-corrected chi connectivity index (χ0v) is 21.2. The predicted molar refractivity (Wildman–Crippen MR) is 132 cm³/mol. The molecule has 0 spiro atoms. The Kier molecular flexibility index (Phi) is 8.81. The first-order valence-corrected chi connectivity index (χ1v) is 13.6. The number of aromatic nitrogens is 2. The summed E-state index contributed by atoms with van der Waals surface area (Å²) in [5.41, 5.74) is 3.54. The van der Waals surface area contributed by atoms with Crippen LogP contribution in [0.25, 0.3) is 0 Å². The number of thiazole rings is 1. The Balaban J connectivity index is 1.16. The molecule has 1 amide bonds. The fraction of sp³-hybridized carbons (Fsp3) is 0.654. The Morgan fingerprint density at radius 2 is 1.89 bits per heavy atom. The number of carbonyl (C=O) groups excluding carboxylic acids is 1. The van der Waals surface area contributed by atoms with Crippen molar-refractivity contribution in [1.82, 2.24) is 20.2 Å². The summed E-state index contributed by atoms with van der Waals surface area (Å²) < 4.78 is 37.6. The predicted octanol–water partition coefficient (Wildman–Crippen LogP) is 5.05. The topological polar surface area (TPSA) is 58.1 Å². The quantitative estimate of drug-likeness (QED) is 0.542. The van der Waals surface area contributed by atoms with Gasteiger partial charge >= 0.3 is 6.18 Å². The van der Waals surface area contributed by atoms with Gasteiger partial charge in [-0.25, -0.2) is 4.98 Å². The van der Waals surface area contributed by atoms with Gasteiger partial charge < -0.3 is 10.2 Å². The van der Waals surface area contributed by atoms with Crippen LogP contribution in [0.1, 0.15) is 66.2 Å². The first-order chi connectivity index (χ1) is 16.7. The highest BCUT2D eigenvalue weighted by Crippen LogP contribution is 2.28. The Hall–Kier alpha value is -2.00. The van der Waals surface area contributed by atoms with E-state index >= 15 is 0 Å². The molecule has 5 nitrogen and oxygen atoms in total. The fourth-order valence-electron chi connectivity index (χ4n) is 5.20. The molecule has 0 unspecified atom stereocenters. The molecule has 0 aromatic carbocycles. The molecule has 1 saturated carbocycles. The lowest BCUT2D eigenvalue weighted by Gasteiger charge is -2.30. The largest absolute Gasteiger partial charge is 0.389 e. The summed E-state index contributed by atoms with van der Waals surface area (Å²) in [4.78, 5) is 23.7. The third-order valence-electron chi connectivity index (χ3n) is 7.23. The van der Waals surface area contributed by atoms with Crippen molar-refractivity contribution in [3.8, 4) is 0 Å². The van der Waals surface area contributed by atoms with Gasteiger partial charge in [0.05, 0.1) is 17.1 Å². The Labute approximate surface area is 209 Å². The van der Waals surface area contributed by atoms with E-state index in [1.807, 2.05) is 18.4 Å². The zero-order valence-electron chi connectivity index (χ0n) is 20.4. The minimum atomic E-state index is -4.14. The summed E-state index contributed by atoms with van der Waals surface area (Å²) in [6, 6.07) is 4.00. The van der Waals surface area contributed by atoms with Crippen LogP contribution >= 0.6 is 11.3 Å². The molecule has 3 heterocycles. The van der Waals surface area contributed by atoms with E-state index in [1.54, 1.807) is 17.4 Å². The molecule has 2 aromatic heterocycles. The number of aryl methyl sites for hydroxylation is 2. The van der Waals surface area contributed by atoms with Gasteiger partial charge in [0.25, 0.3) is 0 Å². The number of nitrogens with zero attached hydrogens (tertiary/aromatic N) is 3. The van der Waals surface area contributed by atoms with Crippen molar-refractivity contribution in [3.63, 3.8) is 0 Å². The van der Waals surface area contributed by atoms with Crippen LogP contribution in [0.15, 0.2) is 17.5 Å². The van der Waals surface area contributed by atoms with Crippen LogP contribution in [0.5, 0.6) is 0 Å². The molecule has 192 valence electrons. The van der Waals surface area contributed by atoms with Crippen molar-refractivity contribution < 1.29 is 18.0 Å². The van der Waals surface area contributed by atoms with Crippen molar-refractivity contribution in [2.75, 3.05) is 19.6 Å². The van der Waals surface area contributed by atoms with Gasteiger partial charge in [-0.2, -0.15) is 13.2 Å². The summed E-state index contributed by atoms with van der Waals surface area (Å²) in [6.07, 6.45) is 2.54. The molecule has 1 fully saturated rings. The summed E-state index contributed by atoms with van der Waals surface area (Å²) in [5, 5.41) is 6.13. The zero-order chi connectivity index (χ0) is 24.8. The van der Waals surface area contributed by atoms with E-state index in [0.717, 1.165) is 81.0 Å². The number of halogens is 3. The molecule has 0 bridgehead atoms. The lowest BCUT2D eigenvalue weighted by atomic mass is 9.84. The molecule has 1 N–H and O–H groups in total. The van der Waals surface area contributed by atoms with Crippen molar-refractivity contribution in [2.24, 2.45) is 5.92 Å². The van der Waals surface area contributed by atoms with Crippen LogP contribution in [0.3, 0.4) is 0 Å². The minimum absolute atomic E-state index is 0.0475. The van der Waals surface area contributed by atoms with Crippen LogP contribution in [-0.2, 0) is 30.5 Å². The van der Waals surface area contributed by atoms with Gasteiger partial charge in [-0.05, 0) is 76.0 Å². The lowest BCUT2D eigenvalue weighted by molar-refractivity contribution is -0.134. The van der Waals surface area contributed by atoms with Crippen LogP contribution in [0.2, 0.25) is 0 Å². The molecule has 9 heteroatoms. The third-order valence-corrected chi connectivity index (χ3v) is 8.05. The second kappa shape index (κ2) is 11.8. The molecular weight excluding hydrogens is 473 g/mol. The van der Waals surface area contributed by atoms with E-state index in [9.17, 15) is 18.0 Å². The number of carbonyl (C=O) groups is 1. The number of rotatable bonds is 8. The van der Waals surface area contributed by atoms with Crippen molar-refractivity contribution in [3.05, 3.63) is 45.2 Å². The van der Waals surface area contributed by atoms with Crippen LogP contribution in [0, 0.1) is 12.8 Å². The van der Waals surface area contributed by atoms with E-state index in [0.29, 0.717) is 18.0 Å². The van der Waals surface area contributed by atoms with Gasteiger partial charge in [0.2, 0.25) is 5.91 Å². The number of hydrogen-bond acceptors (Lipinski definition) is 5. The van der Waals surface area contributed by atoms with E-state index in [2.05, 4.69) is 20.2 Å². The van der Waals surface area contributed by atoms with Gasteiger partial charge in [0.15, 0.2) is 0 Å². The van der Waals surface area contributed by atoms with Crippen LogP contribution in [-0.4, -0.2) is 52.6 Å². The average Bonchev–Trinajstić information content (AvgIpc) is 3.10. The van der Waals surface area contributed by atoms with E-state index in [-0.39, 0.29) is 18.4 Å². The van der Waals surface area contributed by atoms with Crippen LogP contribution in [0.4, 0.5) is 13.2 Å². The van der Waals surface area contributed by atoms with Gasteiger partial charge in [-0.1, -0.05) is 6.07 Å². The summed E-state index contributed by atoms with van der Waals surface area (Å²) >= 11 is 1.58. The molecule has 0 atom stereocenters. The van der Waals surface area contributed by atoms with Crippen molar-refractivity contribution in [2.45, 2.75) is 83.4 Å². The molecule has 4 rings (SSSR count).